The molecule has 1 aliphatic carbocycles. The van der Waals surface area contributed by atoms with Crippen molar-refractivity contribution in [2.24, 2.45) is 5.92 Å². The molecule has 1 aliphatic rings. The van der Waals surface area contributed by atoms with Gasteiger partial charge in [-0.15, -0.1) is 11.3 Å². The maximum absolute atomic E-state index is 10.6. The third-order valence-electron chi connectivity index (χ3n) is 3.15. The maximum Gasteiger partial charge on any atom is 0.308 e. The van der Waals surface area contributed by atoms with Crippen LogP contribution in [0.4, 0.5) is 0 Å². The van der Waals surface area contributed by atoms with Crippen molar-refractivity contribution < 1.29 is 9.90 Å². The van der Waals surface area contributed by atoms with Gasteiger partial charge in [-0.2, -0.15) is 0 Å². The fourth-order valence-corrected chi connectivity index (χ4v) is 3.18. The molecule has 0 fully saturated rings. The van der Waals surface area contributed by atoms with E-state index in [4.69, 9.17) is 5.11 Å². The van der Waals surface area contributed by atoms with Gasteiger partial charge < -0.3 is 10.4 Å². The minimum atomic E-state index is -0.759. The summed E-state index contributed by atoms with van der Waals surface area (Å²) in [5, 5.41) is 12.2. The SMILES string of the molecule is O=C(O)Cc1ccc(CNCC2CC=CCC2)s1. The van der Waals surface area contributed by atoms with Gasteiger partial charge in [-0.1, -0.05) is 12.2 Å². The summed E-state index contributed by atoms with van der Waals surface area (Å²) in [5.41, 5.74) is 0. The van der Waals surface area contributed by atoms with Crippen molar-refractivity contribution in [3.63, 3.8) is 0 Å². The Hall–Kier alpha value is -1.13. The van der Waals surface area contributed by atoms with Gasteiger partial charge in [0.1, 0.15) is 0 Å². The molecule has 2 rings (SSSR count). The molecule has 1 heterocycles. The van der Waals surface area contributed by atoms with E-state index in [2.05, 4.69) is 17.5 Å². The molecule has 2 N–H and O–H groups in total. The third kappa shape index (κ3) is 4.27. The number of allylic oxidation sites excluding steroid dienone is 2. The van der Waals surface area contributed by atoms with E-state index in [1.807, 2.05) is 12.1 Å². The van der Waals surface area contributed by atoms with E-state index in [-0.39, 0.29) is 6.42 Å². The van der Waals surface area contributed by atoms with Gasteiger partial charge in [-0.25, -0.2) is 0 Å². The molecule has 18 heavy (non-hydrogen) atoms. The number of nitrogens with one attached hydrogen (secondary N) is 1. The van der Waals surface area contributed by atoms with Gasteiger partial charge in [0.25, 0.3) is 0 Å². The molecular formula is C14H19NO2S. The average Bonchev–Trinajstić information content (AvgIpc) is 2.77. The Kier molecular flexibility index (Phi) is 4.96. The van der Waals surface area contributed by atoms with Gasteiger partial charge in [0.15, 0.2) is 0 Å². The van der Waals surface area contributed by atoms with Crippen molar-refractivity contribution in [2.45, 2.75) is 32.2 Å². The molecule has 0 aromatic carbocycles. The Labute approximate surface area is 112 Å². The van der Waals surface area contributed by atoms with Crippen LogP contribution < -0.4 is 5.32 Å². The van der Waals surface area contributed by atoms with Crippen LogP contribution in [-0.2, 0) is 17.8 Å². The number of carbonyl (C=O) groups is 1. The number of rotatable bonds is 6. The molecule has 0 aliphatic heterocycles. The lowest BCUT2D eigenvalue weighted by molar-refractivity contribution is -0.136. The molecule has 1 unspecified atom stereocenters. The van der Waals surface area contributed by atoms with Gasteiger partial charge in [0.2, 0.25) is 0 Å². The predicted octanol–water partition coefficient (Wildman–Crippen LogP) is 2.82. The Morgan fingerprint density at radius 3 is 2.94 bits per heavy atom. The largest absolute Gasteiger partial charge is 0.481 e. The molecule has 1 aromatic rings. The highest BCUT2D eigenvalue weighted by molar-refractivity contribution is 7.12. The van der Waals surface area contributed by atoms with Crippen LogP contribution in [0.1, 0.15) is 29.0 Å². The molecule has 3 nitrogen and oxygen atoms in total. The minimum Gasteiger partial charge on any atom is -0.481 e. The van der Waals surface area contributed by atoms with Crippen molar-refractivity contribution in [1.29, 1.82) is 0 Å². The summed E-state index contributed by atoms with van der Waals surface area (Å²) in [7, 11) is 0. The lowest BCUT2D eigenvalue weighted by Crippen LogP contribution is -2.22. The van der Waals surface area contributed by atoms with Crippen LogP contribution in [0.15, 0.2) is 24.3 Å². The molecule has 4 heteroatoms. The van der Waals surface area contributed by atoms with Crippen molar-refractivity contribution in [1.82, 2.24) is 5.32 Å². The van der Waals surface area contributed by atoms with Crippen LogP contribution in [0, 0.1) is 5.92 Å². The van der Waals surface area contributed by atoms with Crippen LogP contribution in [-0.4, -0.2) is 17.6 Å². The third-order valence-corrected chi connectivity index (χ3v) is 4.24. The molecule has 0 amide bonds. The van der Waals surface area contributed by atoms with Crippen molar-refractivity contribution in [3.05, 3.63) is 34.0 Å². The number of aliphatic carboxylic acids is 1. The first-order valence-electron chi connectivity index (χ1n) is 6.39. The van der Waals surface area contributed by atoms with Crippen LogP contribution in [0.2, 0.25) is 0 Å². The summed E-state index contributed by atoms with van der Waals surface area (Å²) in [4.78, 5) is 12.7. The highest BCUT2D eigenvalue weighted by atomic mass is 32.1. The van der Waals surface area contributed by atoms with Crippen LogP contribution >= 0.6 is 11.3 Å². The maximum atomic E-state index is 10.6. The van der Waals surface area contributed by atoms with Gasteiger partial charge in [-0.05, 0) is 43.9 Å². The van der Waals surface area contributed by atoms with Gasteiger partial charge >= 0.3 is 5.97 Å². The molecule has 1 aromatic heterocycles. The van der Waals surface area contributed by atoms with Crippen molar-refractivity contribution >= 4 is 17.3 Å². The normalized spacial score (nSPS) is 19.0. The van der Waals surface area contributed by atoms with Crippen LogP contribution in [0.3, 0.4) is 0 Å². The smallest absolute Gasteiger partial charge is 0.308 e. The van der Waals surface area contributed by atoms with Crippen molar-refractivity contribution in [2.75, 3.05) is 6.54 Å². The highest BCUT2D eigenvalue weighted by Crippen LogP contribution is 2.19. The molecule has 0 spiro atoms. The Morgan fingerprint density at radius 2 is 2.22 bits per heavy atom. The summed E-state index contributed by atoms with van der Waals surface area (Å²) in [5.74, 6) is -0.00111. The lowest BCUT2D eigenvalue weighted by atomic mass is 9.94. The molecule has 1 atom stereocenters. The van der Waals surface area contributed by atoms with E-state index >= 15 is 0 Å². The van der Waals surface area contributed by atoms with E-state index in [0.717, 1.165) is 23.9 Å². The summed E-state index contributed by atoms with van der Waals surface area (Å²) >= 11 is 1.59. The first-order chi connectivity index (χ1) is 8.74. The highest BCUT2D eigenvalue weighted by Gasteiger charge is 2.09. The monoisotopic (exact) mass is 265 g/mol. The number of carboxylic acid groups (broad SMARTS) is 1. The van der Waals surface area contributed by atoms with Crippen molar-refractivity contribution in [3.8, 4) is 0 Å². The number of carboxylic acids is 1. The Bertz CT molecular complexity index is 425. The van der Waals surface area contributed by atoms with E-state index < -0.39 is 5.97 Å². The number of thiophene rings is 1. The standard InChI is InChI=1S/C14H19NO2S/c16-14(17)8-12-6-7-13(18-12)10-15-9-11-4-2-1-3-5-11/h1-2,6-7,11,15H,3-5,8-10H2,(H,16,17). The summed E-state index contributed by atoms with van der Waals surface area (Å²) in [6.45, 7) is 1.90. The zero-order valence-corrected chi connectivity index (χ0v) is 11.2. The molecule has 0 saturated heterocycles. The predicted molar refractivity (Wildman–Crippen MR) is 73.8 cm³/mol. The molecule has 0 radical (unpaired) electrons. The molecular weight excluding hydrogens is 246 g/mol. The zero-order chi connectivity index (χ0) is 12.8. The first kappa shape index (κ1) is 13.3. The number of hydrogen-bond donors (Lipinski definition) is 2. The number of hydrogen-bond acceptors (Lipinski definition) is 3. The summed E-state index contributed by atoms with van der Waals surface area (Å²) in [6, 6.07) is 3.94. The van der Waals surface area contributed by atoms with E-state index in [9.17, 15) is 4.79 Å². The second-order valence-corrected chi connectivity index (χ2v) is 5.97. The average molecular weight is 265 g/mol. The van der Waals surface area contributed by atoms with Gasteiger partial charge in [0.05, 0.1) is 6.42 Å². The van der Waals surface area contributed by atoms with Gasteiger partial charge in [0, 0.05) is 16.3 Å². The summed E-state index contributed by atoms with van der Waals surface area (Å²) in [6.07, 6.45) is 8.33. The molecule has 0 bridgehead atoms. The quantitative estimate of drug-likeness (QED) is 0.778. The van der Waals surface area contributed by atoms with E-state index in [0.29, 0.717) is 0 Å². The molecule has 0 saturated carbocycles. The fraction of sp³-hybridized carbons (Fsp3) is 0.500. The Morgan fingerprint density at radius 1 is 1.39 bits per heavy atom. The molecule has 98 valence electrons. The first-order valence-corrected chi connectivity index (χ1v) is 7.21. The zero-order valence-electron chi connectivity index (χ0n) is 10.4. The topological polar surface area (TPSA) is 49.3 Å². The van der Waals surface area contributed by atoms with Crippen LogP contribution in [0.25, 0.3) is 0 Å². The summed E-state index contributed by atoms with van der Waals surface area (Å²) < 4.78 is 0. The second-order valence-electron chi connectivity index (χ2n) is 4.72. The van der Waals surface area contributed by atoms with E-state index in [1.54, 1.807) is 11.3 Å². The second kappa shape index (κ2) is 6.71. The Balaban J connectivity index is 1.71. The van der Waals surface area contributed by atoms with Crippen LogP contribution in [0.5, 0.6) is 0 Å². The van der Waals surface area contributed by atoms with E-state index in [1.165, 1.54) is 24.1 Å². The van der Waals surface area contributed by atoms with Gasteiger partial charge in [-0.3, -0.25) is 4.79 Å². The minimum absolute atomic E-state index is 0.137. The lowest BCUT2D eigenvalue weighted by Gasteiger charge is -2.17. The fourth-order valence-electron chi connectivity index (χ4n) is 2.20.